The zero-order valence-corrected chi connectivity index (χ0v) is 12.0. The van der Waals surface area contributed by atoms with Gasteiger partial charge in [0.25, 0.3) is 0 Å². The Kier molecular flexibility index (Phi) is 3.54. The number of benzene rings is 2. The number of carbonyl (C=O) groups is 1. The van der Waals surface area contributed by atoms with Gasteiger partial charge in [0.2, 0.25) is 5.82 Å². The molecular weight excluding hydrogens is 288 g/mol. The van der Waals surface area contributed by atoms with Crippen LogP contribution in [0.4, 0.5) is 0 Å². The van der Waals surface area contributed by atoms with Crippen molar-refractivity contribution in [1.82, 2.24) is 9.97 Å². The average Bonchev–Trinajstić information content (AvgIpc) is 2.54. The van der Waals surface area contributed by atoms with Crippen LogP contribution in [-0.4, -0.2) is 23.0 Å². The van der Waals surface area contributed by atoms with Crippen LogP contribution in [0.25, 0.3) is 22.2 Å². The molecule has 21 heavy (non-hydrogen) atoms. The lowest BCUT2D eigenvalue weighted by Gasteiger charge is -2.08. The van der Waals surface area contributed by atoms with Crippen LogP contribution in [0.15, 0.2) is 48.5 Å². The maximum atomic E-state index is 11.7. The summed E-state index contributed by atoms with van der Waals surface area (Å²) in [4.78, 5) is 20.3. The normalized spacial score (nSPS) is 10.6. The van der Waals surface area contributed by atoms with Gasteiger partial charge in [-0.1, -0.05) is 41.9 Å². The van der Waals surface area contributed by atoms with E-state index in [-0.39, 0.29) is 5.82 Å². The van der Waals surface area contributed by atoms with Crippen molar-refractivity contribution in [1.29, 1.82) is 0 Å². The molecule has 3 aromatic rings. The Morgan fingerprint density at radius 3 is 2.57 bits per heavy atom. The number of esters is 1. The van der Waals surface area contributed by atoms with Crippen LogP contribution in [0, 0.1) is 0 Å². The van der Waals surface area contributed by atoms with Crippen LogP contribution in [0.5, 0.6) is 0 Å². The molecule has 0 aliphatic heterocycles. The molecule has 1 heterocycles. The molecule has 0 amide bonds. The predicted octanol–water partition coefficient (Wildman–Crippen LogP) is 3.74. The Morgan fingerprint density at radius 2 is 1.86 bits per heavy atom. The highest BCUT2D eigenvalue weighted by Crippen LogP contribution is 2.28. The Bertz CT molecular complexity index is 819. The molecule has 0 saturated carbocycles. The number of ether oxygens (including phenoxy) is 1. The van der Waals surface area contributed by atoms with Crippen LogP contribution in [0.3, 0.4) is 0 Å². The summed E-state index contributed by atoms with van der Waals surface area (Å²) in [6.45, 7) is 0. The molecule has 0 atom stereocenters. The minimum absolute atomic E-state index is 0.0335. The van der Waals surface area contributed by atoms with Crippen molar-refractivity contribution in [2.24, 2.45) is 0 Å². The van der Waals surface area contributed by atoms with E-state index in [1.165, 1.54) is 7.11 Å². The minimum Gasteiger partial charge on any atom is -0.463 e. The third-order valence-corrected chi connectivity index (χ3v) is 3.31. The van der Waals surface area contributed by atoms with E-state index in [2.05, 4.69) is 9.97 Å². The lowest BCUT2D eigenvalue weighted by atomic mass is 10.1. The van der Waals surface area contributed by atoms with Gasteiger partial charge in [0.15, 0.2) is 0 Å². The van der Waals surface area contributed by atoms with Gasteiger partial charge in [-0.15, -0.1) is 0 Å². The van der Waals surface area contributed by atoms with Crippen LogP contribution >= 0.6 is 11.6 Å². The molecule has 5 heteroatoms. The molecule has 0 N–H and O–H groups in total. The van der Waals surface area contributed by atoms with Crippen LogP contribution < -0.4 is 0 Å². The number of methoxy groups -OCH3 is 1. The predicted molar refractivity (Wildman–Crippen MR) is 81.3 cm³/mol. The summed E-state index contributed by atoms with van der Waals surface area (Å²) < 4.78 is 4.71. The number of halogens is 1. The fourth-order valence-electron chi connectivity index (χ4n) is 2.10. The third-order valence-electron chi connectivity index (χ3n) is 3.07. The van der Waals surface area contributed by atoms with Gasteiger partial charge in [-0.2, -0.15) is 0 Å². The Hall–Kier alpha value is -2.46. The highest BCUT2D eigenvalue weighted by Gasteiger charge is 2.15. The SMILES string of the molecule is COC(=O)c1nc(-c2ccccc2)c2cc(Cl)ccc2n1. The molecular formula is C16H11ClN2O2. The monoisotopic (exact) mass is 298 g/mol. The highest BCUT2D eigenvalue weighted by molar-refractivity contribution is 6.31. The second-order valence-electron chi connectivity index (χ2n) is 4.41. The maximum absolute atomic E-state index is 11.7. The molecule has 0 aliphatic rings. The average molecular weight is 299 g/mol. The topological polar surface area (TPSA) is 52.1 Å². The lowest BCUT2D eigenvalue weighted by Crippen LogP contribution is -2.08. The minimum atomic E-state index is -0.566. The zero-order valence-electron chi connectivity index (χ0n) is 11.2. The molecule has 0 aliphatic carbocycles. The molecule has 104 valence electrons. The van der Waals surface area contributed by atoms with Gasteiger partial charge in [-0.05, 0) is 18.2 Å². The summed E-state index contributed by atoms with van der Waals surface area (Å²) in [5, 5.41) is 1.38. The smallest absolute Gasteiger partial charge is 0.376 e. The van der Waals surface area contributed by atoms with E-state index in [1.54, 1.807) is 18.2 Å². The number of carbonyl (C=O) groups excluding carboxylic acids is 1. The largest absolute Gasteiger partial charge is 0.463 e. The van der Waals surface area contributed by atoms with Crippen molar-refractivity contribution in [2.45, 2.75) is 0 Å². The van der Waals surface area contributed by atoms with E-state index in [0.717, 1.165) is 10.9 Å². The van der Waals surface area contributed by atoms with Crippen LogP contribution in [0.2, 0.25) is 5.02 Å². The van der Waals surface area contributed by atoms with Gasteiger partial charge in [0.1, 0.15) is 0 Å². The Balaban J connectivity index is 2.33. The number of rotatable bonds is 2. The number of aromatic nitrogens is 2. The first-order valence-corrected chi connectivity index (χ1v) is 6.68. The first-order valence-electron chi connectivity index (χ1n) is 6.30. The quantitative estimate of drug-likeness (QED) is 0.676. The standard InChI is InChI=1S/C16H11ClN2O2/c1-21-16(20)15-18-13-8-7-11(17)9-12(13)14(19-15)10-5-3-2-4-6-10/h2-9H,1H3. The lowest BCUT2D eigenvalue weighted by molar-refractivity contribution is 0.0587. The molecule has 0 fully saturated rings. The van der Waals surface area contributed by atoms with Gasteiger partial charge in [0.05, 0.1) is 18.3 Å². The number of fused-ring (bicyclic) bond motifs is 1. The summed E-state index contributed by atoms with van der Waals surface area (Å²) in [7, 11) is 1.31. The van der Waals surface area contributed by atoms with Crippen molar-refractivity contribution in [2.75, 3.05) is 7.11 Å². The van der Waals surface area contributed by atoms with Crippen molar-refractivity contribution in [3.05, 3.63) is 59.4 Å². The summed E-state index contributed by atoms with van der Waals surface area (Å²) >= 11 is 6.06. The molecule has 0 saturated heterocycles. The van der Waals surface area contributed by atoms with Crippen molar-refractivity contribution in [3.63, 3.8) is 0 Å². The fourth-order valence-corrected chi connectivity index (χ4v) is 2.27. The second-order valence-corrected chi connectivity index (χ2v) is 4.85. The molecule has 0 bridgehead atoms. The number of nitrogens with zero attached hydrogens (tertiary/aromatic N) is 2. The van der Waals surface area contributed by atoms with E-state index in [1.807, 2.05) is 30.3 Å². The third kappa shape index (κ3) is 2.58. The number of hydrogen-bond donors (Lipinski definition) is 0. The molecule has 3 rings (SSSR count). The van der Waals surface area contributed by atoms with E-state index in [0.29, 0.717) is 16.2 Å². The van der Waals surface area contributed by atoms with E-state index < -0.39 is 5.97 Å². The van der Waals surface area contributed by atoms with Crippen molar-refractivity contribution < 1.29 is 9.53 Å². The van der Waals surface area contributed by atoms with E-state index in [4.69, 9.17) is 16.3 Å². The molecule has 0 spiro atoms. The van der Waals surface area contributed by atoms with E-state index >= 15 is 0 Å². The molecule has 2 aromatic carbocycles. The highest BCUT2D eigenvalue weighted by atomic mass is 35.5. The summed E-state index contributed by atoms with van der Waals surface area (Å²) in [5.74, 6) is -0.532. The molecule has 4 nitrogen and oxygen atoms in total. The van der Waals surface area contributed by atoms with Gasteiger partial charge < -0.3 is 4.74 Å². The van der Waals surface area contributed by atoms with Crippen LogP contribution in [-0.2, 0) is 4.74 Å². The molecule has 0 radical (unpaired) electrons. The van der Waals surface area contributed by atoms with Crippen LogP contribution in [0.1, 0.15) is 10.6 Å². The maximum Gasteiger partial charge on any atom is 0.376 e. The van der Waals surface area contributed by atoms with Crippen molar-refractivity contribution in [3.8, 4) is 11.3 Å². The summed E-state index contributed by atoms with van der Waals surface area (Å²) in [6, 6.07) is 14.9. The van der Waals surface area contributed by atoms with Gasteiger partial charge in [-0.25, -0.2) is 14.8 Å². The molecule has 1 aromatic heterocycles. The number of hydrogen-bond acceptors (Lipinski definition) is 4. The first-order chi connectivity index (χ1) is 10.2. The Morgan fingerprint density at radius 1 is 1.10 bits per heavy atom. The summed E-state index contributed by atoms with van der Waals surface area (Å²) in [6.07, 6.45) is 0. The van der Waals surface area contributed by atoms with Gasteiger partial charge in [0, 0.05) is 16.0 Å². The van der Waals surface area contributed by atoms with Gasteiger partial charge in [-0.3, -0.25) is 0 Å². The first kappa shape index (κ1) is 13.5. The molecule has 0 unspecified atom stereocenters. The fraction of sp³-hybridized carbons (Fsp3) is 0.0625. The Labute approximate surface area is 126 Å². The van der Waals surface area contributed by atoms with E-state index in [9.17, 15) is 4.79 Å². The zero-order chi connectivity index (χ0) is 14.8. The van der Waals surface area contributed by atoms with Gasteiger partial charge >= 0.3 is 5.97 Å². The summed E-state index contributed by atoms with van der Waals surface area (Å²) in [5.41, 5.74) is 2.19. The second kappa shape index (κ2) is 5.50. The van der Waals surface area contributed by atoms with Crippen molar-refractivity contribution >= 4 is 28.5 Å².